The lowest BCUT2D eigenvalue weighted by molar-refractivity contribution is -0.154. The van der Waals surface area contributed by atoms with Gasteiger partial charge in [-0.1, -0.05) is 18.0 Å². The third kappa shape index (κ3) is 4.61. The fourth-order valence-electron chi connectivity index (χ4n) is 4.40. The molecular weight excluding hydrogens is 471 g/mol. The van der Waals surface area contributed by atoms with Crippen LogP contribution in [-0.2, 0) is 12.7 Å². The first-order valence-corrected chi connectivity index (χ1v) is 11.4. The van der Waals surface area contributed by atoms with Gasteiger partial charge in [0.25, 0.3) is 5.76 Å². The molecule has 1 saturated heterocycles. The van der Waals surface area contributed by atoms with Gasteiger partial charge in [0, 0.05) is 17.6 Å². The summed E-state index contributed by atoms with van der Waals surface area (Å²) in [6.45, 7) is 6.31. The second-order valence-corrected chi connectivity index (χ2v) is 9.19. The van der Waals surface area contributed by atoms with Crippen LogP contribution in [0.4, 0.5) is 13.2 Å². The highest BCUT2D eigenvalue weighted by molar-refractivity contribution is 6.32. The molecule has 1 atom stereocenters. The van der Waals surface area contributed by atoms with Crippen LogP contribution in [0.3, 0.4) is 0 Å². The first-order chi connectivity index (χ1) is 16.0. The molecule has 0 spiro atoms. The molecule has 182 valence electrons. The van der Waals surface area contributed by atoms with Crippen molar-refractivity contribution >= 4 is 22.6 Å². The van der Waals surface area contributed by atoms with Crippen LogP contribution in [0, 0.1) is 13.8 Å². The zero-order chi connectivity index (χ0) is 24.8. The molecule has 1 N–H and O–H groups in total. The van der Waals surface area contributed by atoms with E-state index in [0.717, 1.165) is 25.8 Å². The van der Waals surface area contributed by atoms with E-state index in [4.69, 9.17) is 20.8 Å². The van der Waals surface area contributed by atoms with Gasteiger partial charge in [-0.3, -0.25) is 9.69 Å². The van der Waals surface area contributed by atoms with E-state index in [1.807, 2.05) is 6.92 Å². The number of rotatable bonds is 4. The SMILES string of the molecule is Cc1cc(Oc2c(C(F)(F)F)oc3c(CN4CCCCC4C)c(O)ccc3c2=O)cc(C)c1Cl. The van der Waals surface area contributed by atoms with Crippen LogP contribution in [0.5, 0.6) is 17.2 Å². The molecule has 34 heavy (non-hydrogen) atoms. The minimum atomic E-state index is -5.00. The van der Waals surface area contributed by atoms with Crippen LogP contribution in [0.2, 0.25) is 5.02 Å². The zero-order valence-electron chi connectivity index (χ0n) is 19.1. The molecule has 0 amide bonds. The first kappa shape index (κ1) is 24.4. The van der Waals surface area contributed by atoms with Crippen molar-refractivity contribution < 1.29 is 27.4 Å². The average Bonchev–Trinajstić information content (AvgIpc) is 2.76. The Hall–Kier alpha value is -2.71. The third-order valence-corrected chi connectivity index (χ3v) is 6.88. The largest absolute Gasteiger partial charge is 0.507 e. The highest BCUT2D eigenvalue weighted by atomic mass is 35.5. The number of aromatic hydroxyl groups is 1. The Bertz CT molecular complexity index is 1280. The van der Waals surface area contributed by atoms with Crippen LogP contribution in [0.1, 0.15) is 48.6 Å². The standard InChI is InChI=1S/C25H25ClF3NO4/c1-13-10-16(11-14(2)20(13)26)33-23-21(32)17-7-8-19(31)18(12-30-9-5-4-6-15(30)3)22(17)34-24(23)25(27,28)29/h7-8,10-11,15,31H,4-6,9,12H2,1-3H3. The van der Waals surface area contributed by atoms with Gasteiger partial charge >= 0.3 is 6.18 Å². The number of phenolic OH excluding ortho intramolecular Hbond substituents is 1. The molecule has 1 aromatic heterocycles. The van der Waals surface area contributed by atoms with E-state index in [9.17, 15) is 23.1 Å². The molecule has 4 rings (SSSR count). The molecule has 1 aliphatic heterocycles. The van der Waals surface area contributed by atoms with Crippen molar-refractivity contribution in [2.24, 2.45) is 0 Å². The lowest BCUT2D eigenvalue weighted by atomic mass is 10.0. The number of halogens is 4. The monoisotopic (exact) mass is 495 g/mol. The van der Waals surface area contributed by atoms with Crippen LogP contribution in [0.15, 0.2) is 33.5 Å². The Morgan fingerprint density at radius 1 is 1.21 bits per heavy atom. The highest BCUT2D eigenvalue weighted by Gasteiger charge is 2.41. The Balaban J connectivity index is 1.89. The topological polar surface area (TPSA) is 62.9 Å². The van der Waals surface area contributed by atoms with Gasteiger partial charge in [-0.15, -0.1) is 0 Å². The summed E-state index contributed by atoms with van der Waals surface area (Å²) < 4.78 is 52.9. The number of alkyl halides is 3. The van der Waals surface area contributed by atoms with Gasteiger partial charge < -0.3 is 14.3 Å². The predicted molar refractivity (Wildman–Crippen MR) is 124 cm³/mol. The molecule has 0 bridgehead atoms. The molecule has 1 unspecified atom stereocenters. The molecule has 0 aliphatic carbocycles. The maximum atomic E-state index is 14.0. The van der Waals surface area contributed by atoms with Crippen molar-refractivity contribution in [2.45, 2.75) is 58.8 Å². The number of hydrogen-bond donors (Lipinski definition) is 1. The Labute approximate surface area is 199 Å². The number of fused-ring (bicyclic) bond motifs is 1. The Morgan fingerprint density at radius 3 is 2.50 bits per heavy atom. The second kappa shape index (κ2) is 9.15. The van der Waals surface area contributed by atoms with E-state index in [1.165, 1.54) is 24.3 Å². The van der Waals surface area contributed by atoms with Crippen LogP contribution < -0.4 is 10.2 Å². The van der Waals surface area contributed by atoms with Crippen molar-refractivity contribution in [3.8, 4) is 17.2 Å². The van der Waals surface area contributed by atoms with Gasteiger partial charge in [0.1, 0.15) is 17.1 Å². The fraction of sp³-hybridized carbons (Fsp3) is 0.400. The average molecular weight is 496 g/mol. The van der Waals surface area contributed by atoms with Gasteiger partial charge in [-0.2, -0.15) is 13.2 Å². The summed E-state index contributed by atoms with van der Waals surface area (Å²) >= 11 is 6.14. The lowest BCUT2D eigenvalue weighted by Gasteiger charge is -2.33. The maximum Gasteiger partial charge on any atom is 0.453 e. The number of hydrogen-bond acceptors (Lipinski definition) is 5. The van der Waals surface area contributed by atoms with E-state index in [-0.39, 0.29) is 40.6 Å². The summed E-state index contributed by atoms with van der Waals surface area (Å²) in [5.41, 5.74) is 0.0906. The van der Waals surface area contributed by atoms with Gasteiger partial charge in [0.15, 0.2) is 0 Å². The summed E-state index contributed by atoms with van der Waals surface area (Å²) in [4.78, 5) is 15.3. The molecular formula is C25H25ClF3NO4. The molecule has 3 aromatic rings. The van der Waals surface area contributed by atoms with Crippen LogP contribution in [0.25, 0.3) is 11.0 Å². The summed E-state index contributed by atoms with van der Waals surface area (Å²) in [6.07, 6.45) is -2.04. The van der Waals surface area contributed by atoms with Crippen molar-refractivity contribution in [3.05, 3.63) is 62.0 Å². The molecule has 9 heteroatoms. The van der Waals surface area contributed by atoms with E-state index in [2.05, 4.69) is 4.90 Å². The molecule has 1 aliphatic rings. The van der Waals surface area contributed by atoms with Crippen molar-refractivity contribution in [1.82, 2.24) is 4.90 Å². The number of piperidine rings is 1. The first-order valence-electron chi connectivity index (χ1n) is 11.0. The second-order valence-electron chi connectivity index (χ2n) is 8.82. The molecule has 0 radical (unpaired) electrons. The van der Waals surface area contributed by atoms with E-state index in [0.29, 0.717) is 16.1 Å². The molecule has 1 fully saturated rings. The lowest BCUT2D eigenvalue weighted by Crippen LogP contribution is -2.36. The fourth-order valence-corrected chi connectivity index (χ4v) is 4.51. The van der Waals surface area contributed by atoms with Crippen molar-refractivity contribution in [3.63, 3.8) is 0 Å². The molecule has 2 aromatic carbocycles. The maximum absolute atomic E-state index is 14.0. The van der Waals surface area contributed by atoms with E-state index in [1.54, 1.807) is 13.8 Å². The predicted octanol–water partition coefficient (Wildman–Crippen LogP) is 6.95. The van der Waals surface area contributed by atoms with Gasteiger partial charge in [0.2, 0.25) is 11.2 Å². The smallest absolute Gasteiger partial charge is 0.453 e. The van der Waals surface area contributed by atoms with Crippen molar-refractivity contribution in [1.29, 1.82) is 0 Å². The van der Waals surface area contributed by atoms with E-state index < -0.39 is 23.1 Å². The molecule has 0 saturated carbocycles. The van der Waals surface area contributed by atoms with E-state index >= 15 is 0 Å². The Kier molecular flexibility index (Phi) is 6.57. The Morgan fingerprint density at radius 2 is 1.88 bits per heavy atom. The number of ether oxygens (including phenoxy) is 1. The summed E-state index contributed by atoms with van der Waals surface area (Å²) in [6, 6.07) is 5.66. The third-order valence-electron chi connectivity index (χ3n) is 6.29. The number of aryl methyl sites for hydroxylation is 2. The minimum Gasteiger partial charge on any atom is -0.507 e. The number of phenols is 1. The normalized spacial score (nSPS) is 17.3. The highest BCUT2D eigenvalue weighted by Crippen LogP contribution is 2.41. The molecule has 5 nitrogen and oxygen atoms in total. The summed E-state index contributed by atoms with van der Waals surface area (Å²) in [5.74, 6) is -2.69. The number of benzene rings is 2. The number of likely N-dealkylation sites (tertiary alicyclic amines) is 1. The van der Waals surface area contributed by atoms with Gasteiger partial charge in [0.05, 0.1) is 10.9 Å². The zero-order valence-corrected chi connectivity index (χ0v) is 19.8. The summed E-state index contributed by atoms with van der Waals surface area (Å²) in [5, 5.41) is 10.9. The van der Waals surface area contributed by atoms with Crippen LogP contribution >= 0.6 is 11.6 Å². The van der Waals surface area contributed by atoms with Gasteiger partial charge in [-0.25, -0.2) is 0 Å². The number of nitrogens with zero attached hydrogens (tertiary/aromatic N) is 1. The quantitative estimate of drug-likeness (QED) is 0.424. The minimum absolute atomic E-state index is 0.0395. The van der Waals surface area contributed by atoms with Gasteiger partial charge in [-0.05, 0) is 75.5 Å². The van der Waals surface area contributed by atoms with Crippen LogP contribution in [-0.4, -0.2) is 22.6 Å². The summed E-state index contributed by atoms with van der Waals surface area (Å²) in [7, 11) is 0. The van der Waals surface area contributed by atoms with Crippen molar-refractivity contribution in [2.75, 3.05) is 6.54 Å². The molecule has 2 heterocycles.